The molecule has 94 valence electrons. The Morgan fingerprint density at radius 3 is 2.88 bits per heavy atom. The molecule has 3 N–H and O–H groups in total. The Labute approximate surface area is 106 Å². The number of amides is 2. The van der Waals surface area contributed by atoms with Crippen molar-refractivity contribution < 1.29 is 4.79 Å². The highest BCUT2D eigenvalue weighted by Crippen LogP contribution is 2.11. The van der Waals surface area contributed by atoms with Crippen LogP contribution in [0, 0.1) is 0 Å². The second-order valence-corrected chi connectivity index (χ2v) is 5.42. The van der Waals surface area contributed by atoms with Crippen LogP contribution in [-0.4, -0.2) is 36.6 Å². The maximum Gasteiger partial charge on any atom is 0.314 e. The summed E-state index contributed by atoms with van der Waals surface area (Å²) in [4.78, 5) is 14.1. The molecule has 0 unspecified atom stereocenters. The molecule has 1 saturated heterocycles. The van der Waals surface area contributed by atoms with Gasteiger partial charge in [0.2, 0.25) is 0 Å². The Morgan fingerprint density at radius 1 is 1.53 bits per heavy atom. The minimum atomic E-state index is -0.290. The number of carbonyl (C=O) groups excluding carboxylic acids is 1. The number of likely N-dealkylation sites (tertiary alicyclic amines) is 1. The van der Waals surface area contributed by atoms with Crippen LogP contribution >= 0.6 is 11.3 Å². The number of primary amides is 1. The van der Waals surface area contributed by atoms with Crippen molar-refractivity contribution in [3.05, 3.63) is 22.4 Å². The molecule has 1 aliphatic rings. The minimum Gasteiger partial charge on any atom is -0.351 e. The van der Waals surface area contributed by atoms with Crippen LogP contribution in [0.2, 0.25) is 0 Å². The number of nitrogens with zero attached hydrogens (tertiary/aromatic N) is 1. The number of piperidine rings is 1. The normalized spacial score (nSPS) is 17.3. The Bertz CT molecular complexity index is 345. The number of thiophene rings is 1. The van der Waals surface area contributed by atoms with Crippen molar-refractivity contribution in [1.29, 1.82) is 0 Å². The average Bonchev–Trinajstić information content (AvgIpc) is 2.83. The monoisotopic (exact) mass is 253 g/mol. The van der Waals surface area contributed by atoms with E-state index in [4.69, 9.17) is 5.73 Å². The summed E-state index contributed by atoms with van der Waals surface area (Å²) in [6.45, 7) is 2.58. The largest absolute Gasteiger partial charge is 0.351 e. The summed E-state index contributed by atoms with van der Waals surface area (Å²) in [5.41, 5.74) is 5.24. The van der Waals surface area contributed by atoms with Crippen molar-refractivity contribution >= 4 is 17.4 Å². The number of hydrogen-bond acceptors (Lipinski definition) is 3. The zero-order valence-corrected chi connectivity index (χ0v) is 10.7. The maximum absolute atomic E-state index is 11.0. The number of hydrogen-bond donors (Lipinski definition) is 2. The van der Waals surface area contributed by atoms with Crippen molar-refractivity contribution in [3.63, 3.8) is 0 Å². The molecule has 2 amide bonds. The highest BCUT2D eigenvalue weighted by atomic mass is 32.1. The molecule has 0 aliphatic carbocycles. The molecule has 1 fully saturated rings. The molecule has 0 radical (unpaired) electrons. The molecule has 0 atom stereocenters. The second kappa shape index (κ2) is 6.02. The Balaban J connectivity index is 1.63. The van der Waals surface area contributed by atoms with E-state index in [9.17, 15) is 4.79 Å². The Hall–Kier alpha value is -1.07. The van der Waals surface area contributed by atoms with Crippen LogP contribution in [0.1, 0.15) is 17.7 Å². The van der Waals surface area contributed by atoms with E-state index in [2.05, 4.69) is 22.8 Å². The van der Waals surface area contributed by atoms with E-state index >= 15 is 0 Å². The van der Waals surface area contributed by atoms with E-state index in [1.807, 2.05) is 0 Å². The van der Waals surface area contributed by atoms with Gasteiger partial charge in [0.1, 0.15) is 0 Å². The van der Waals surface area contributed by atoms with Crippen molar-refractivity contribution in [2.45, 2.75) is 25.3 Å². The van der Waals surface area contributed by atoms with E-state index in [1.165, 1.54) is 4.88 Å². The number of rotatable bonds is 4. The first-order valence-electron chi connectivity index (χ1n) is 6.06. The molecular weight excluding hydrogens is 234 g/mol. The molecule has 0 saturated carbocycles. The highest BCUT2D eigenvalue weighted by molar-refractivity contribution is 7.09. The van der Waals surface area contributed by atoms with Crippen LogP contribution in [0.15, 0.2) is 17.5 Å². The third kappa shape index (κ3) is 3.71. The summed E-state index contributed by atoms with van der Waals surface area (Å²) in [6, 6.07) is 4.50. The fourth-order valence-electron chi connectivity index (χ4n) is 2.16. The molecule has 5 heteroatoms. The summed E-state index contributed by atoms with van der Waals surface area (Å²) in [6.07, 6.45) is 3.11. The van der Waals surface area contributed by atoms with Crippen LogP contribution < -0.4 is 11.1 Å². The number of nitrogens with two attached hydrogens (primary N) is 1. The van der Waals surface area contributed by atoms with Gasteiger partial charge in [0.05, 0.1) is 0 Å². The Kier molecular flexibility index (Phi) is 4.39. The fourth-order valence-corrected chi connectivity index (χ4v) is 2.87. The van der Waals surface area contributed by atoms with Crippen LogP contribution in [0.3, 0.4) is 0 Å². The lowest BCUT2D eigenvalue weighted by molar-refractivity contribution is 0.185. The molecule has 1 aliphatic heterocycles. The summed E-state index contributed by atoms with van der Waals surface area (Å²) in [7, 11) is 0. The molecule has 1 aromatic rings. The highest BCUT2D eigenvalue weighted by Gasteiger charge is 2.20. The second-order valence-electron chi connectivity index (χ2n) is 4.38. The lowest BCUT2D eigenvalue weighted by atomic mass is 10.1. The summed E-state index contributed by atoms with van der Waals surface area (Å²) in [5, 5.41) is 5.66. The van der Waals surface area contributed by atoms with Gasteiger partial charge in [-0.25, -0.2) is 4.79 Å². The maximum atomic E-state index is 11.0. The quantitative estimate of drug-likeness (QED) is 0.852. The van der Waals surface area contributed by atoms with Gasteiger partial charge in [-0.15, -0.1) is 11.3 Å². The predicted molar refractivity (Wildman–Crippen MR) is 70.2 cm³/mol. The van der Waals surface area contributed by atoms with Gasteiger partial charge in [-0.05, 0) is 30.7 Å². The molecule has 1 aromatic heterocycles. The van der Waals surface area contributed by atoms with Crippen molar-refractivity contribution in [2.24, 2.45) is 5.73 Å². The summed E-state index contributed by atoms with van der Waals surface area (Å²) >= 11 is 1.80. The minimum absolute atomic E-state index is 0.290. The van der Waals surface area contributed by atoms with Gasteiger partial charge in [0, 0.05) is 30.6 Å². The molecule has 0 bridgehead atoms. The predicted octanol–water partition coefficient (Wildman–Crippen LogP) is 1.42. The molecule has 0 aromatic carbocycles. The number of urea groups is 1. The van der Waals surface area contributed by atoms with Crippen LogP contribution in [0.4, 0.5) is 4.79 Å². The third-order valence-electron chi connectivity index (χ3n) is 3.19. The van der Waals surface area contributed by atoms with Crippen LogP contribution in [-0.2, 0) is 6.42 Å². The molecule has 2 rings (SSSR count). The zero-order chi connectivity index (χ0) is 12.1. The van der Waals surface area contributed by atoms with Crippen molar-refractivity contribution in [1.82, 2.24) is 10.2 Å². The molecule has 0 spiro atoms. The Morgan fingerprint density at radius 2 is 2.29 bits per heavy atom. The number of nitrogens with one attached hydrogen (secondary N) is 1. The fraction of sp³-hybridized carbons (Fsp3) is 0.583. The van der Waals surface area contributed by atoms with E-state index in [-0.39, 0.29) is 6.03 Å². The molecule has 4 nitrogen and oxygen atoms in total. The summed E-state index contributed by atoms with van der Waals surface area (Å²) < 4.78 is 0. The third-order valence-corrected chi connectivity index (χ3v) is 4.13. The first kappa shape index (κ1) is 12.4. The van der Waals surface area contributed by atoms with Gasteiger partial charge in [-0.2, -0.15) is 0 Å². The van der Waals surface area contributed by atoms with E-state index < -0.39 is 0 Å². The van der Waals surface area contributed by atoms with Crippen LogP contribution in [0.5, 0.6) is 0 Å². The van der Waals surface area contributed by atoms with Crippen molar-refractivity contribution in [3.8, 4) is 0 Å². The lowest BCUT2D eigenvalue weighted by Crippen LogP contribution is -2.47. The molecule has 17 heavy (non-hydrogen) atoms. The molecular formula is C12H19N3OS. The van der Waals surface area contributed by atoms with Gasteiger partial charge in [-0.3, -0.25) is 0 Å². The summed E-state index contributed by atoms with van der Waals surface area (Å²) in [5.74, 6) is 0. The first-order chi connectivity index (χ1) is 8.25. The lowest BCUT2D eigenvalue weighted by Gasteiger charge is -2.31. The SMILES string of the molecule is NC(=O)N1CCC(NCCc2cccs2)CC1. The van der Waals surface area contributed by atoms with E-state index in [0.717, 1.165) is 38.9 Å². The van der Waals surface area contributed by atoms with E-state index in [0.29, 0.717) is 6.04 Å². The van der Waals surface area contributed by atoms with Crippen molar-refractivity contribution in [2.75, 3.05) is 19.6 Å². The number of carbonyl (C=O) groups is 1. The smallest absolute Gasteiger partial charge is 0.314 e. The van der Waals surface area contributed by atoms with Gasteiger partial charge in [0.15, 0.2) is 0 Å². The average molecular weight is 253 g/mol. The topological polar surface area (TPSA) is 58.4 Å². The zero-order valence-electron chi connectivity index (χ0n) is 9.89. The van der Waals surface area contributed by atoms with Gasteiger partial charge >= 0.3 is 6.03 Å². The van der Waals surface area contributed by atoms with Gasteiger partial charge < -0.3 is 16.0 Å². The first-order valence-corrected chi connectivity index (χ1v) is 6.94. The molecule has 2 heterocycles. The van der Waals surface area contributed by atoms with Gasteiger partial charge in [0.25, 0.3) is 0 Å². The van der Waals surface area contributed by atoms with Gasteiger partial charge in [-0.1, -0.05) is 6.07 Å². The van der Waals surface area contributed by atoms with Crippen LogP contribution in [0.25, 0.3) is 0 Å². The van der Waals surface area contributed by atoms with E-state index in [1.54, 1.807) is 16.2 Å². The standard InChI is InChI=1S/C12H19N3OS/c13-12(16)15-7-4-10(5-8-15)14-6-3-11-2-1-9-17-11/h1-2,9-10,14H,3-8H2,(H2,13,16).